The van der Waals surface area contributed by atoms with Crippen molar-refractivity contribution in [2.75, 3.05) is 18.0 Å². The van der Waals surface area contributed by atoms with E-state index in [2.05, 4.69) is 24.4 Å². The zero-order valence-electron chi connectivity index (χ0n) is 20.5. The third-order valence-electron chi connectivity index (χ3n) is 5.37. The number of esters is 1. The summed E-state index contributed by atoms with van der Waals surface area (Å²) in [4.78, 5) is 28.7. The predicted octanol–water partition coefficient (Wildman–Crippen LogP) is 7.10. The number of urea groups is 1. The van der Waals surface area contributed by atoms with E-state index < -0.39 is 0 Å². The lowest BCUT2D eigenvalue weighted by Gasteiger charge is -2.24. The second kappa shape index (κ2) is 14.2. The molecule has 35 heavy (non-hydrogen) atoms. The van der Waals surface area contributed by atoms with Gasteiger partial charge in [0.25, 0.3) is 0 Å². The number of ether oxygens (including phenoxy) is 1. The highest BCUT2D eigenvalue weighted by molar-refractivity contribution is 7.99. The second-order valence-electron chi connectivity index (χ2n) is 8.27. The number of hydrogen-bond acceptors (Lipinski definition) is 4. The highest BCUT2D eigenvalue weighted by atomic mass is 32.2. The first-order valence-corrected chi connectivity index (χ1v) is 13.1. The normalized spacial score (nSPS) is 10.6. The second-order valence-corrected chi connectivity index (χ2v) is 9.42. The summed E-state index contributed by atoms with van der Waals surface area (Å²) in [5.41, 5.74) is 2.07. The molecule has 3 aromatic carbocycles. The first-order valence-electron chi connectivity index (χ1n) is 12.3. The molecule has 0 spiro atoms. The maximum absolute atomic E-state index is 13.1. The fraction of sp³-hybridized carbons (Fsp3) is 0.310. The van der Waals surface area contributed by atoms with Crippen LogP contribution in [0.3, 0.4) is 0 Å². The van der Waals surface area contributed by atoms with Crippen LogP contribution < -0.4 is 15.0 Å². The summed E-state index contributed by atoms with van der Waals surface area (Å²) in [7, 11) is 0. The highest BCUT2D eigenvalue weighted by Gasteiger charge is 2.16. The van der Waals surface area contributed by atoms with Crippen molar-refractivity contribution in [1.29, 1.82) is 0 Å². The van der Waals surface area contributed by atoms with Gasteiger partial charge in [0.15, 0.2) is 0 Å². The number of anilines is 1. The molecular weight excluding hydrogens is 456 g/mol. The topological polar surface area (TPSA) is 58.6 Å². The number of rotatable bonds is 12. The minimum absolute atomic E-state index is 0.0821. The van der Waals surface area contributed by atoms with E-state index >= 15 is 0 Å². The van der Waals surface area contributed by atoms with Crippen molar-refractivity contribution in [3.63, 3.8) is 0 Å². The molecule has 0 saturated carbocycles. The van der Waals surface area contributed by atoms with Crippen molar-refractivity contribution in [1.82, 2.24) is 5.32 Å². The van der Waals surface area contributed by atoms with E-state index in [-0.39, 0.29) is 12.0 Å². The average Bonchev–Trinajstić information content (AvgIpc) is 2.85. The van der Waals surface area contributed by atoms with Crippen LogP contribution in [0.2, 0.25) is 0 Å². The lowest BCUT2D eigenvalue weighted by Crippen LogP contribution is -2.41. The number of carbonyl (C=O) groups is 2. The Labute approximate surface area is 212 Å². The fourth-order valence-electron chi connectivity index (χ4n) is 3.56. The SMILES string of the molecule is CCCCN(C(=O)NCCc1ccccc1)c1cccc(Sc2cccc(OC(=O)CCC)c2)c1. The zero-order chi connectivity index (χ0) is 24.9. The fourth-order valence-corrected chi connectivity index (χ4v) is 4.48. The summed E-state index contributed by atoms with van der Waals surface area (Å²) in [5.74, 6) is 0.327. The molecule has 3 aromatic rings. The van der Waals surface area contributed by atoms with Gasteiger partial charge in [-0.3, -0.25) is 9.69 Å². The Kier molecular flexibility index (Phi) is 10.7. The zero-order valence-corrected chi connectivity index (χ0v) is 21.4. The molecule has 0 saturated heterocycles. The van der Waals surface area contributed by atoms with Gasteiger partial charge in [0.2, 0.25) is 0 Å². The van der Waals surface area contributed by atoms with E-state index in [0.717, 1.165) is 41.2 Å². The Morgan fingerprint density at radius 1 is 0.886 bits per heavy atom. The average molecular weight is 491 g/mol. The molecule has 2 amide bonds. The van der Waals surface area contributed by atoms with Gasteiger partial charge in [-0.15, -0.1) is 0 Å². The van der Waals surface area contributed by atoms with E-state index in [0.29, 0.717) is 25.3 Å². The molecule has 1 N–H and O–H groups in total. The van der Waals surface area contributed by atoms with Crippen molar-refractivity contribution in [2.24, 2.45) is 0 Å². The number of carbonyl (C=O) groups excluding carboxylic acids is 2. The Morgan fingerprint density at radius 3 is 2.37 bits per heavy atom. The van der Waals surface area contributed by atoms with Gasteiger partial charge in [0.05, 0.1) is 0 Å². The standard InChI is InChI=1S/C29H34N2O3S/c1-3-5-20-31(29(33)30-19-18-23-12-7-6-8-13-23)24-14-9-16-26(21-24)35-27-17-10-15-25(22-27)34-28(32)11-4-2/h6-10,12-17,21-22H,3-5,11,18-20H2,1-2H3,(H,30,33). The monoisotopic (exact) mass is 490 g/mol. The van der Waals surface area contributed by atoms with Gasteiger partial charge in [-0.1, -0.05) is 74.5 Å². The van der Waals surface area contributed by atoms with Crippen LogP contribution in [0, 0.1) is 0 Å². The molecule has 0 atom stereocenters. The number of hydrogen-bond donors (Lipinski definition) is 1. The van der Waals surface area contributed by atoms with Crippen LogP contribution in [0.4, 0.5) is 10.5 Å². The number of amides is 2. The summed E-state index contributed by atoms with van der Waals surface area (Å²) in [6.45, 7) is 5.32. The molecule has 0 aliphatic heterocycles. The van der Waals surface area contributed by atoms with Crippen LogP contribution in [-0.4, -0.2) is 25.1 Å². The van der Waals surface area contributed by atoms with Crippen molar-refractivity contribution in [3.05, 3.63) is 84.4 Å². The van der Waals surface area contributed by atoms with Gasteiger partial charge in [0, 0.05) is 35.0 Å². The van der Waals surface area contributed by atoms with Crippen LogP contribution in [0.25, 0.3) is 0 Å². The van der Waals surface area contributed by atoms with Crippen LogP contribution in [0.15, 0.2) is 88.7 Å². The van der Waals surface area contributed by atoms with Crippen LogP contribution in [0.1, 0.15) is 45.1 Å². The first kappa shape index (κ1) is 26.4. The summed E-state index contributed by atoms with van der Waals surface area (Å²) < 4.78 is 5.43. The molecule has 0 heterocycles. The molecule has 0 fully saturated rings. The highest BCUT2D eigenvalue weighted by Crippen LogP contribution is 2.32. The molecule has 0 unspecified atom stereocenters. The van der Waals surface area contributed by atoms with E-state index in [9.17, 15) is 9.59 Å². The van der Waals surface area contributed by atoms with E-state index in [1.807, 2.05) is 72.5 Å². The van der Waals surface area contributed by atoms with Gasteiger partial charge in [-0.05, 0) is 61.2 Å². The summed E-state index contributed by atoms with van der Waals surface area (Å²) >= 11 is 1.57. The summed E-state index contributed by atoms with van der Waals surface area (Å²) in [5, 5.41) is 3.08. The van der Waals surface area contributed by atoms with Gasteiger partial charge < -0.3 is 10.1 Å². The van der Waals surface area contributed by atoms with Gasteiger partial charge >= 0.3 is 12.0 Å². The molecule has 0 aliphatic rings. The third kappa shape index (κ3) is 8.80. The van der Waals surface area contributed by atoms with Gasteiger partial charge in [-0.25, -0.2) is 4.79 Å². The lowest BCUT2D eigenvalue weighted by molar-refractivity contribution is -0.134. The van der Waals surface area contributed by atoms with E-state index in [1.54, 1.807) is 17.8 Å². The minimum atomic E-state index is -0.221. The number of benzene rings is 3. The summed E-state index contributed by atoms with van der Waals surface area (Å²) in [6.07, 6.45) is 3.89. The molecular formula is C29H34N2O3S. The molecule has 0 aliphatic carbocycles. The Hall–Kier alpha value is -3.25. The molecule has 184 valence electrons. The molecule has 6 heteroatoms. The maximum atomic E-state index is 13.1. The van der Waals surface area contributed by atoms with Crippen molar-refractivity contribution < 1.29 is 14.3 Å². The first-order chi connectivity index (χ1) is 17.1. The van der Waals surface area contributed by atoms with E-state index in [4.69, 9.17) is 4.74 Å². The number of nitrogens with zero attached hydrogens (tertiary/aromatic N) is 1. The molecule has 5 nitrogen and oxygen atoms in total. The molecule has 0 bridgehead atoms. The van der Waals surface area contributed by atoms with Crippen LogP contribution >= 0.6 is 11.8 Å². The lowest BCUT2D eigenvalue weighted by atomic mass is 10.1. The maximum Gasteiger partial charge on any atom is 0.321 e. The Morgan fingerprint density at radius 2 is 1.63 bits per heavy atom. The smallest absolute Gasteiger partial charge is 0.321 e. The molecule has 0 aromatic heterocycles. The minimum Gasteiger partial charge on any atom is -0.426 e. The largest absolute Gasteiger partial charge is 0.426 e. The van der Waals surface area contributed by atoms with Gasteiger partial charge in [-0.2, -0.15) is 0 Å². The van der Waals surface area contributed by atoms with E-state index in [1.165, 1.54) is 5.56 Å². The van der Waals surface area contributed by atoms with Crippen LogP contribution in [0.5, 0.6) is 5.75 Å². The Bertz CT molecular complexity index is 1090. The van der Waals surface area contributed by atoms with Crippen molar-refractivity contribution in [3.8, 4) is 5.75 Å². The van der Waals surface area contributed by atoms with Crippen molar-refractivity contribution >= 4 is 29.4 Å². The molecule has 3 rings (SSSR count). The van der Waals surface area contributed by atoms with Crippen molar-refractivity contribution in [2.45, 2.75) is 55.7 Å². The predicted molar refractivity (Wildman–Crippen MR) is 143 cm³/mol. The Balaban J connectivity index is 1.67. The third-order valence-corrected chi connectivity index (χ3v) is 6.35. The van der Waals surface area contributed by atoms with Crippen LogP contribution in [-0.2, 0) is 11.2 Å². The number of nitrogens with one attached hydrogen (secondary N) is 1. The number of unbranched alkanes of at least 4 members (excludes halogenated alkanes) is 1. The van der Waals surface area contributed by atoms with Gasteiger partial charge in [0.1, 0.15) is 5.75 Å². The molecule has 0 radical (unpaired) electrons. The quantitative estimate of drug-likeness (QED) is 0.217. The summed E-state index contributed by atoms with van der Waals surface area (Å²) in [6, 6.07) is 25.6.